The average molecular weight is 362 g/mol. The average Bonchev–Trinajstić information content (AvgIpc) is 2.62. The van der Waals surface area contributed by atoms with Gasteiger partial charge in [-0.25, -0.2) is 17.7 Å². The number of amides is 1. The van der Waals surface area contributed by atoms with Crippen LogP contribution in [0.4, 0.5) is 0 Å². The van der Waals surface area contributed by atoms with E-state index in [1.165, 1.54) is 32.4 Å². The molecule has 0 fully saturated rings. The van der Waals surface area contributed by atoms with Crippen molar-refractivity contribution in [3.8, 4) is 0 Å². The Morgan fingerprint density at radius 3 is 2.40 bits per heavy atom. The molecule has 0 saturated heterocycles. The first kappa shape index (κ1) is 19.0. The first-order chi connectivity index (χ1) is 11.8. The van der Waals surface area contributed by atoms with E-state index in [4.69, 9.17) is 0 Å². The van der Waals surface area contributed by atoms with Gasteiger partial charge in [0.05, 0.1) is 11.6 Å². The van der Waals surface area contributed by atoms with Crippen LogP contribution in [0.5, 0.6) is 0 Å². The summed E-state index contributed by atoms with van der Waals surface area (Å²) in [5, 5.41) is -0.0857. The molecule has 0 N–H and O–H groups in total. The van der Waals surface area contributed by atoms with Crippen LogP contribution in [0.15, 0.2) is 47.9 Å². The molecule has 1 unspecified atom stereocenters. The van der Waals surface area contributed by atoms with Gasteiger partial charge >= 0.3 is 0 Å². The summed E-state index contributed by atoms with van der Waals surface area (Å²) in [7, 11) is -0.745. The molecule has 0 saturated carbocycles. The van der Waals surface area contributed by atoms with Crippen LogP contribution >= 0.6 is 0 Å². The zero-order valence-corrected chi connectivity index (χ0v) is 15.6. The Bertz CT molecular complexity index is 821. The van der Waals surface area contributed by atoms with Crippen molar-refractivity contribution in [1.82, 2.24) is 19.2 Å². The summed E-state index contributed by atoms with van der Waals surface area (Å²) >= 11 is 0. The zero-order valence-electron chi connectivity index (χ0n) is 14.7. The lowest BCUT2D eigenvalue weighted by molar-refractivity contribution is 0.0701. The van der Waals surface area contributed by atoms with E-state index in [0.29, 0.717) is 12.1 Å². The van der Waals surface area contributed by atoms with E-state index in [1.807, 2.05) is 26.0 Å². The Balaban J connectivity index is 2.27. The van der Waals surface area contributed by atoms with Gasteiger partial charge in [0.15, 0.2) is 5.03 Å². The SMILES string of the molecule is CCN(C(=O)c1ccc(S(=O)(=O)N(C)C)nc1)C(C)c1cccnc1. The van der Waals surface area contributed by atoms with Crippen LogP contribution in [-0.2, 0) is 10.0 Å². The molecule has 0 aliphatic carbocycles. The number of hydrogen-bond donors (Lipinski definition) is 0. The number of rotatable bonds is 6. The molecule has 25 heavy (non-hydrogen) atoms. The largest absolute Gasteiger partial charge is 0.332 e. The second-order valence-electron chi connectivity index (χ2n) is 5.73. The molecule has 2 aromatic heterocycles. The predicted octanol–water partition coefficient (Wildman–Crippen LogP) is 1.95. The number of aromatic nitrogens is 2. The van der Waals surface area contributed by atoms with Crippen molar-refractivity contribution in [2.24, 2.45) is 0 Å². The molecule has 0 spiro atoms. The molecule has 2 heterocycles. The van der Waals surface area contributed by atoms with Crippen molar-refractivity contribution in [1.29, 1.82) is 0 Å². The third kappa shape index (κ3) is 4.02. The Kier molecular flexibility index (Phi) is 5.86. The number of carbonyl (C=O) groups is 1. The van der Waals surface area contributed by atoms with E-state index >= 15 is 0 Å². The van der Waals surface area contributed by atoms with E-state index < -0.39 is 10.0 Å². The molecule has 0 aromatic carbocycles. The molecule has 0 aliphatic rings. The van der Waals surface area contributed by atoms with Crippen molar-refractivity contribution < 1.29 is 13.2 Å². The summed E-state index contributed by atoms with van der Waals surface area (Å²) in [6.07, 6.45) is 4.71. The van der Waals surface area contributed by atoms with E-state index in [-0.39, 0.29) is 17.0 Å². The summed E-state index contributed by atoms with van der Waals surface area (Å²) in [6.45, 7) is 4.33. The molecule has 0 aliphatic heterocycles. The summed E-state index contributed by atoms with van der Waals surface area (Å²) in [5.41, 5.74) is 1.27. The lowest BCUT2D eigenvalue weighted by Gasteiger charge is -2.28. The van der Waals surface area contributed by atoms with Gasteiger partial charge in [0.2, 0.25) is 0 Å². The van der Waals surface area contributed by atoms with Gasteiger partial charge in [-0.05, 0) is 37.6 Å². The van der Waals surface area contributed by atoms with E-state index in [1.54, 1.807) is 17.3 Å². The third-order valence-corrected chi connectivity index (χ3v) is 5.70. The van der Waals surface area contributed by atoms with Gasteiger partial charge in [-0.2, -0.15) is 0 Å². The van der Waals surface area contributed by atoms with Crippen molar-refractivity contribution in [2.75, 3.05) is 20.6 Å². The molecule has 2 rings (SSSR count). The fraction of sp³-hybridized carbons (Fsp3) is 0.353. The van der Waals surface area contributed by atoms with Gasteiger partial charge in [-0.1, -0.05) is 6.07 Å². The highest BCUT2D eigenvalue weighted by Crippen LogP contribution is 2.21. The molecule has 134 valence electrons. The normalized spacial score (nSPS) is 12.8. The lowest BCUT2D eigenvalue weighted by Crippen LogP contribution is -2.33. The fourth-order valence-electron chi connectivity index (χ4n) is 2.41. The maximum absolute atomic E-state index is 12.8. The van der Waals surface area contributed by atoms with Crippen molar-refractivity contribution in [3.05, 3.63) is 54.0 Å². The van der Waals surface area contributed by atoms with Crippen LogP contribution in [0.3, 0.4) is 0 Å². The van der Waals surface area contributed by atoms with E-state index in [9.17, 15) is 13.2 Å². The molecule has 1 atom stereocenters. The molecule has 1 amide bonds. The highest BCUT2D eigenvalue weighted by Gasteiger charge is 2.23. The Labute approximate surface area is 148 Å². The number of carbonyl (C=O) groups excluding carboxylic acids is 1. The quantitative estimate of drug-likeness (QED) is 0.784. The third-order valence-electron chi connectivity index (χ3n) is 3.96. The number of nitrogens with zero attached hydrogens (tertiary/aromatic N) is 4. The zero-order chi connectivity index (χ0) is 18.6. The van der Waals surface area contributed by atoms with Gasteiger partial charge < -0.3 is 4.90 Å². The van der Waals surface area contributed by atoms with Gasteiger partial charge in [0.1, 0.15) is 0 Å². The van der Waals surface area contributed by atoms with Crippen LogP contribution in [0.2, 0.25) is 0 Å². The van der Waals surface area contributed by atoms with Crippen LogP contribution < -0.4 is 0 Å². The van der Waals surface area contributed by atoms with Crippen LogP contribution in [0.25, 0.3) is 0 Å². The molecule has 8 heteroatoms. The Hall–Kier alpha value is -2.32. The first-order valence-electron chi connectivity index (χ1n) is 7.88. The summed E-state index contributed by atoms with van der Waals surface area (Å²) < 4.78 is 25.2. The van der Waals surface area contributed by atoms with Crippen molar-refractivity contribution >= 4 is 15.9 Å². The molecular weight excluding hydrogens is 340 g/mol. The summed E-state index contributed by atoms with van der Waals surface area (Å²) in [4.78, 5) is 22.5. The predicted molar refractivity (Wildman–Crippen MR) is 94.5 cm³/mol. The molecule has 0 bridgehead atoms. The van der Waals surface area contributed by atoms with Crippen LogP contribution in [0, 0.1) is 0 Å². The van der Waals surface area contributed by atoms with Gasteiger partial charge in [0.25, 0.3) is 15.9 Å². The minimum Gasteiger partial charge on any atom is -0.332 e. The Morgan fingerprint density at radius 1 is 1.20 bits per heavy atom. The molecular formula is C17H22N4O3S. The monoisotopic (exact) mass is 362 g/mol. The van der Waals surface area contributed by atoms with Crippen molar-refractivity contribution in [3.63, 3.8) is 0 Å². The minimum atomic E-state index is -3.62. The highest BCUT2D eigenvalue weighted by atomic mass is 32.2. The van der Waals surface area contributed by atoms with Crippen LogP contribution in [-0.4, -0.2) is 54.1 Å². The maximum Gasteiger partial charge on any atom is 0.260 e. The standard InChI is InChI=1S/C17H22N4O3S/c1-5-21(13(2)14-7-6-10-18-11-14)17(22)15-8-9-16(19-12-15)25(23,24)20(3)4/h6-13H,5H2,1-4H3. The van der Waals surface area contributed by atoms with Gasteiger partial charge in [-0.3, -0.25) is 9.78 Å². The first-order valence-corrected chi connectivity index (χ1v) is 9.32. The Morgan fingerprint density at radius 2 is 1.92 bits per heavy atom. The second-order valence-corrected chi connectivity index (χ2v) is 7.82. The number of pyridine rings is 2. The fourth-order valence-corrected chi connectivity index (χ4v) is 3.21. The summed E-state index contributed by atoms with van der Waals surface area (Å²) in [6, 6.07) is 6.43. The molecule has 7 nitrogen and oxygen atoms in total. The smallest absolute Gasteiger partial charge is 0.260 e. The van der Waals surface area contributed by atoms with Gasteiger partial charge in [0, 0.05) is 39.2 Å². The van der Waals surface area contributed by atoms with Crippen molar-refractivity contribution in [2.45, 2.75) is 24.9 Å². The summed E-state index contributed by atoms with van der Waals surface area (Å²) in [5.74, 6) is -0.208. The highest BCUT2D eigenvalue weighted by molar-refractivity contribution is 7.89. The van der Waals surface area contributed by atoms with Gasteiger partial charge in [-0.15, -0.1) is 0 Å². The van der Waals surface area contributed by atoms with E-state index in [0.717, 1.165) is 9.87 Å². The lowest BCUT2D eigenvalue weighted by atomic mass is 10.1. The minimum absolute atomic E-state index is 0.0857. The van der Waals surface area contributed by atoms with E-state index in [2.05, 4.69) is 9.97 Å². The number of sulfonamides is 1. The second kappa shape index (κ2) is 7.71. The van der Waals surface area contributed by atoms with Crippen LogP contribution in [0.1, 0.15) is 35.8 Å². The number of hydrogen-bond acceptors (Lipinski definition) is 5. The molecule has 2 aromatic rings. The topological polar surface area (TPSA) is 83.5 Å². The maximum atomic E-state index is 12.8. The molecule has 0 radical (unpaired) electrons.